The van der Waals surface area contributed by atoms with Gasteiger partial charge in [-0.2, -0.15) is 0 Å². The van der Waals surface area contributed by atoms with E-state index in [1.165, 1.54) is 0 Å². The predicted octanol–water partition coefficient (Wildman–Crippen LogP) is 2.08. The Morgan fingerprint density at radius 3 is 2.69 bits per heavy atom. The molecule has 1 aromatic rings. The van der Waals surface area contributed by atoms with Crippen LogP contribution in [-0.4, -0.2) is 16.6 Å². The minimum atomic E-state index is -0.132. The molecule has 0 aliphatic heterocycles. The molecule has 0 unspecified atom stereocenters. The first-order chi connectivity index (χ1) is 7.37. The maximum atomic E-state index is 11.6. The first-order valence-electron chi connectivity index (χ1n) is 5.01. The van der Waals surface area contributed by atoms with E-state index in [-0.39, 0.29) is 11.4 Å². The number of hydrogen-bond acceptors (Lipinski definition) is 3. The number of carbonyl (C=O) groups excluding carboxylic acids is 1. The summed E-state index contributed by atoms with van der Waals surface area (Å²) in [6, 6.07) is 3.86. The highest BCUT2D eigenvalue weighted by molar-refractivity contribution is 7.80. The first-order valence-corrected chi connectivity index (χ1v) is 6.30. The number of amides is 1. The second-order valence-corrected chi connectivity index (χ2v) is 5.95. The molecule has 0 aliphatic carbocycles. The van der Waals surface area contributed by atoms with Crippen molar-refractivity contribution in [3.05, 3.63) is 22.4 Å². The lowest BCUT2D eigenvalue weighted by Crippen LogP contribution is -2.48. The summed E-state index contributed by atoms with van der Waals surface area (Å²) in [7, 11) is 0. The fourth-order valence-corrected chi connectivity index (χ4v) is 2.24. The average molecular weight is 256 g/mol. The number of hydrogen-bond donors (Lipinski definition) is 2. The quantitative estimate of drug-likeness (QED) is 0.796. The third kappa shape index (κ3) is 5.23. The summed E-state index contributed by atoms with van der Waals surface area (Å²) in [5.74, 6) is -0.0794. The van der Waals surface area contributed by atoms with Gasteiger partial charge in [0.05, 0.1) is 6.42 Å². The zero-order valence-corrected chi connectivity index (χ0v) is 11.3. The fourth-order valence-electron chi connectivity index (χ4n) is 1.11. The predicted molar refractivity (Wildman–Crippen MR) is 71.7 cm³/mol. The minimum absolute atomic E-state index is 0.0794. The van der Waals surface area contributed by atoms with Crippen LogP contribution in [0.1, 0.15) is 25.6 Å². The molecule has 0 aromatic carbocycles. The van der Waals surface area contributed by atoms with E-state index in [0.29, 0.717) is 11.5 Å². The van der Waals surface area contributed by atoms with Crippen molar-refractivity contribution >= 4 is 34.6 Å². The molecule has 0 fully saturated rings. The zero-order chi connectivity index (χ0) is 12.2. The van der Waals surface area contributed by atoms with Gasteiger partial charge in [0.15, 0.2) is 5.11 Å². The molecule has 0 aliphatic rings. The topological polar surface area (TPSA) is 41.1 Å². The second-order valence-electron chi connectivity index (χ2n) is 4.51. The molecule has 5 heteroatoms. The van der Waals surface area contributed by atoms with Gasteiger partial charge in [0.25, 0.3) is 0 Å². The molecule has 0 spiro atoms. The van der Waals surface area contributed by atoms with Crippen LogP contribution >= 0.6 is 23.6 Å². The molecule has 1 amide bonds. The van der Waals surface area contributed by atoms with Gasteiger partial charge >= 0.3 is 0 Å². The van der Waals surface area contributed by atoms with E-state index in [9.17, 15) is 4.79 Å². The number of thiophene rings is 1. The number of carbonyl (C=O) groups is 1. The summed E-state index contributed by atoms with van der Waals surface area (Å²) in [6.45, 7) is 5.97. The van der Waals surface area contributed by atoms with E-state index in [1.54, 1.807) is 11.3 Å². The van der Waals surface area contributed by atoms with Gasteiger partial charge in [-0.15, -0.1) is 11.3 Å². The Balaban J connectivity index is 2.37. The smallest absolute Gasteiger partial charge is 0.231 e. The molecule has 0 atom stereocenters. The summed E-state index contributed by atoms with van der Waals surface area (Å²) < 4.78 is 0. The lowest BCUT2D eigenvalue weighted by Gasteiger charge is -2.22. The molecule has 0 radical (unpaired) electrons. The van der Waals surface area contributed by atoms with Crippen LogP contribution in [0.25, 0.3) is 0 Å². The van der Waals surface area contributed by atoms with Crippen LogP contribution in [0.5, 0.6) is 0 Å². The van der Waals surface area contributed by atoms with Crippen molar-refractivity contribution in [1.29, 1.82) is 0 Å². The van der Waals surface area contributed by atoms with Crippen molar-refractivity contribution in [1.82, 2.24) is 10.6 Å². The van der Waals surface area contributed by atoms with Gasteiger partial charge in [-0.3, -0.25) is 4.79 Å². The molecule has 0 saturated heterocycles. The molecular weight excluding hydrogens is 240 g/mol. The maximum Gasteiger partial charge on any atom is 0.231 e. The molecule has 16 heavy (non-hydrogen) atoms. The minimum Gasteiger partial charge on any atom is -0.358 e. The Hall–Kier alpha value is -0.940. The van der Waals surface area contributed by atoms with E-state index in [1.807, 2.05) is 38.3 Å². The highest BCUT2D eigenvalue weighted by Crippen LogP contribution is 2.08. The lowest BCUT2D eigenvalue weighted by molar-refractivity contribution is -0.119. The van der Waals surface area contributed by atoms with Gasteiger partial charge in [-0.25, -0.2) is 0 Å². The lowest BCUT2D eigenvalue weighted by atomic mass is 10.1. The number of nitrogens with one attached hydrogen (secondary N) is 2. The summed E-state index contributed by atoms with van der Waals surface area (Å²) >= 11 is 6.60. The van der Waals surface area contributed by atoms with Crippen LogP contribution in [0, 0.1) is 0 Å². The van der Waals surface area contributed by atoms with Crippen molar-refractivity contribution < 1.29 is 4.79 Å². The van der Waals surface area contributed by atoms with Gasteiger partial charge in [0.2, 0.25) is 5.91 Å². The maximum absolute atomic E-state index is 11.6. The normalized spacial score (nSPS) is 10.9. The third-order valence-electron chi connectivity index (χ3n) is 1.66. The van der Waals surface area contributed by atoms with Crippen LogP contribution in [0.15, 0.2) is 17.5 Å². The van der Waals surface area contributed by atoms with E-state index >= 15 is 0 Å². The van der Waals surface area contributed by atoms with Gasteiger partial charge in [-0.1, -0.05) is 6.07 Å². The van der Waals surface area contributed by atoms with E-state index in [2.05, 4.69) is 10.6 Å². The summed E-state index contributed by atoms with van der Waals surface area (Å²) in [6.07, 6.45) is 0.379. The molecule has 2 N–H and O–H groups in total. The van der Waals surface area contributed by atoms with Crippen molar-refractivity contribution in [2.45, 2.75) is 32.7 Å². The van der Waals surface area contributed by atoms with Gasteiger partial charge in [-0.05, 0) is 44.4 Å². The van der Waals surface area contributed by atoms with E-state index in [4.69, 9.17) is 12.2 Å². The van der Waals surface area contributed by atoms with Crippen molar-refractivity contribution in [3.8, 4) is 0 Å². The third-order valence-corrected chi connectivity index (χ3v) is 2.74. The Bertz CT molecular complexity index is 366. The Morgan fingerprint density at radius 2 is 2.19 bits per heavy atom. The molecule has 88 valence electrons. The molecule has 3 nitrogen and oxygen atoms in total. The number of thiocarbonyl (C=S) groups is 1. The fraction of sp³-hybridized carbons (Fsp3) is 0.455. The monoisotopic (exact) mass is 256 g/mol. The molecule has 0 saturated carbocycles. The summed E-state index contributed by atoms with van der Waals surface area (Å²) in [5, 5.41) is 8.03. The molecule has 1 heterocycles. The van der Waals surface area contributed by atoms with Crippen molar-refractivity contribution in [2.75, 3.05) is 0 Å². The standard InChI is InChI=1S/C11H16N2OS2/c1-11(2,3)13-10(15)12-9(14)7-8-5-4-6-16-8/h4-6H,7H2,1-3H3,(H2,12,13,14,15). The highest BCUT2D eigenvalue weighted by Gasteiger charge is 2.13. The van der Waals surface area contributed by atoms with Crippen molar-refractivity contribution in [3.63, 3.8) is 0 Å². The molecule has 1 aromatic heterocycles. The number of rotatable bonds is 2. The molecular formula is C11H16N2OS2. The Kier molecular flexibility index (Phi) is 4.44. The first kappa shape index (κ1) is 13.1. The largest absolute Gasteiger partial charge is 0.358 e. The van der Waals surface area contributed by atoms with Crippen LogP contribution < -0.4 is 10.6 Å². The summed E-state index contributed by atoms with van der Waals surface area (Å²) in [4.78, 5) is 12.6. The molecule has 1 rings (SSSR count). The van der Waals surface area contributed by atoms with Crippen LogP contribution in [0.2, 0.25) is 0 Å². The van der Waals surface area contributed by atoms with Crippen molar-refractivity contribution in [2.24, 2.45) is 0 Å². The molecule has 0 bridgehead atoms. The van der Waals surface area contributed by atoms with Gasteiger partial charge in [0.1, 0.15) is 0 Å². The summed E-state index contributed by atoms with van der Waals surface area (Å²) in [5.41, 5.74) is -0.132. The van der Waals surface area contributed by atoms with Crippen LogP contribution in [0.3, 0.4) is 0 Å². The Labute approximate surface area is 105 Å². The zero-order valence-electron chi connectivity index (χ0n) is 9.66. The second kappa shape index (κ2) is 5.41. The van der Waals surface area contributed by atoms with E-state index in [0.717, 1.165) is 4.88 Å². The van der Waals surface area contributed by atoms with E-state index < -0.39 is 0 Å². The Morgan fingerprint density at radius 1 is 1.50 bits per heavy atom. The van der Waals surface area contributed by atoms with Crippen LogP contribution in [-0.2, 0) is 11.2 Å². The highest BCUT2D eigenvalue weighted by atomic mass is 32.1. The van der Waals surface area contributed by atoms with Gasteiger partial charge < -0.3 is 10.6 Å². The van der Waals surface area contributed by atoms with Crippen LogP contribution in [0.4, 0.5) is 0 Å². The van der Waals surface area contributed by atoms with Gasteiger partial charge in [0, 0.05) is 10.4 Å². The average Bonchev–Trinajstić information content (AvgIpc) is 2.51. The SMILES string of the molecule is CC(C)(C)NC(=S)NC(=O)Cc1cccs1.